The quantitative estimate of drug-likeness (QED) is 0.766. The lowest BCUT2D eigenvalue weighted by Crippen LogP contribution is -2.29. The molecule has 0 aromatic heterocycles. The summed E-state index contributed by atoms with van der Waals surface area (Å²) in [6, 6.07) is 12.7. The zero-order valence-electron chi connectivity index (χ0n) is 15.0. The Balaban J connectivity index is 1.95. The van der Waals surface area contributed by atoms with Crippen molar-refractivity contribution >= 4 is 11.4 Å². The summed E-state index contributed by atoms with van der Waals surface area (Å²) in [4.78, 5) is 5.56. The minimum Gasteiger partial charge on any atom is -0.454 e. The van der Waals surface area contributed by atoms with Crippen LogP contribution in [0.25, 0.3) is 4.98 Å². The Labute approximate surface area is 153 Å². The number of piperidine rings is 1. The molecule has 1 unspecified atom stereocenters. The summed E-state index contributed by atoms with van der Waals surface area (Å²) in [5.74, 6) is 1.17. The van der Waals surface area contributed by atoms with E-state index in [0.29, 0.717) is 22.7 Å². The molecule has 3 rings (SSSR count). The van der Waals surface area contributed by atoms with E-state index in [9.17, 15) is 5.11 Å². The molecule has 1 N–H and O–H groups in total. The van der Waals surface area contributed by atoms with Crippen LogP contribution in [0.2, 0.25) is 0 Å². The molecule has 2 aromatic rings. The molecule has 1 heterocycles. The van der Waals surface area contributed by atoms with Gasteiger partial charge in [0.25, 0.3) is 0 Å². The Hall–Kier alpha value is -2.62. The lowest BCUT2D eigenvalue weighted by molar-refractivity contribution is 0.0631. The summed E-state index contributed by atoms with van der Waals surface area (Å²) in [7, 11) is 1.55. The molecule has 136 valence electrons. The maximum atomic E-state index is 10.3. The van der Waals surface area contributed by atoms with Gasteiger partial charge in [-0.05, 0) is 31.4 Å². The highest BCUT2D eigenvalue weighted by Crippen LogP contribution is 2.39. The second-order valence-electron chi connectivity index (χ2n) is 6.41. The molecular weight excluding hydrogens is 330 g/mol. The first-order valence-corrected chi connectivity index (χ1v) is 8.91. The molecule has 0 radical (unpaired) electrons. The molecule has 0 saturated carbocycles. The Morgan fingerprint density at radius 3 is 2.62 bits per heavy atom. The van der Waals surface area contributed by atoms with Crippen LogP contribution in [-0.4, -0.2) is 31.9 Å². The number of hydrogen-bond donors (Lipinski definition) is 1. The van der Waals surface area contributed by atoms with Crippen LogP contribution in [0.5, 0.6) is 11.5 Å². The smallest absolute Gasteiger partial charge is 0.388 e. The second kappa shape index (κ2) is 8.65. The van der Waals surface area contributed by atoms with Crippen molar-refractivity contribution in [2.45, 2.75) is 25.4 Å². The lowest BCUT2D eigenvalue weighted by atomic mass is 10.1. The number of diazo groups is 1. The lowest BCUT2D eigenvalue weighted by Gasteiger charge is -2.30. The molecule has 6 heteroatoms. The minimum atomic E-state index is -0.777. The Morgan fingerprint density at radius 2 is 1.88 bits per heavy atom. The fraction of sp³-hybridized carbons (Fsp3) is 0.400. The minimum absolute atomic E-state index is 0.186. The third-order valence-corrected chi connectivity index (χ3v) is 4.58. The normalized spacial score (nSPS) is 15.3. The van der Waals surface area contributed by atoms with E-state index in [1.807, 2.05) is 30.3 Å². The molecule has 1 saturated heterocycles. The van der Waals surface area contributed by atoms with Gasteiger partial charge in [0.15, 0.2) is 10.7 Å². The predicted octanol–water partition coefficient (Wildman–Crippen LogP) is 4.63. The van der Waals surface area contributed by atoms with Gasteiger partial charge in [-0.3, -0.25) is 0 Å². The number of benzene rings is 2. The van der Waals surface area contributed by atoms with Crippen molar-refractivity contribution in [2.75, 3.05) is 31.7 Å². The van der Waals surface area contributed by atoms with Gasteiger partial charge in [-0.2, -0.15) is 0 Å². The highest BCUT2D eigenvalue weighted by atomic mass is 16.5. The van der Waals surface area contributed by atoms with Gasteiger partial charge in [0.2, 0.25) is 5.39 Å². The van der Waals surface area contributed by atoms with Gasteiger partial charge >= 0.3 is 5.69 Å². The fourth-order valence-corrected chi connectivity index (χ4v) is 3.26. The van der Waals surface area contributed by atoms with E-state index in [2.05, 4.69) is 9.88 Å². The van der Waals surface area contributed by atoms with E-state index in [-0.39, 0.29) is 6.61 Å². The van der Waals surface area contributed by atoms with Gasteiger partial charge in [-0.25, -0.2) is 0 Å². The average molecular weight is 354 g/mol. The van der Waals surface area contributed by atoms with Crippen molar-refractivity contribution in [3.8, 4) is 11.5 Å². The maximum Gasteiger partial charge on any atom is 0.388 e. The number of aliphatic hydroxyl groups excluding tert-OH is 1. The largest absolute Gasteiger partial charge is 0.454 e. The van der Waals surface area contributed by atoms with Gasteiger partial charge < -0.3 is 19.5 Å². The molecule has 26 heavy (non-hydrogen) atoms. The zero-order valence-corrected chi connectivity index (χ0v) is 15.0. The van der Waals surface area contributed by atoms with E-state index < -0.39 is 6.10 Å². The number of nitrogens with zero attached hydrogens (tertiary/aromatic N) is 3. The molecule has 2 aromatic carbocycles. The first kappa shape index (κ1) is 18.2. The van der Waals surface area contributed by atoms with E-state index in [0.717, 1.165) is 31.6 Å². The molecule has 0 bridgehead atoms. The highest BCUT2D eigenvalue weighted by molar-refractivity contribution is 5.66. The molecule has 1 aliphatic rings. The van der Waals surface area contributed by atoms with Crippen molar-refractivity contribution in [1.82, 2.24) is 0 Å². The number of methoxy groups -OCH3 is 1. The van der Waals surface area contributed by atoms with Gasteiger partial charge in [-0.1, -0.05) is 18.2 Å². The van der Waals surface area contributed by atoms with Crippen LogP contribution in [0.4, 0.5) is 11.4 Å². The van der Waals surface area contributed by atoms with Gasteiger partial charge in [0.05, 0.1) is 18.4 Å². The molecular formula is C20H24N3O3+. The van der Waals surface area contributed by atoms with Crippen LogP contribution in [0.15, 0.2) is 42.5 Å². The molecule has 0 spiro atoms. The summed E-state index contributed by atoms with van der Waals surface area (Å²) < 4.78 is 11.2. The standard InChI is InChI=1S/C20H24N3O3/c1-25-14-18(24)16-7-3-4-8-19(16)26-20-13-15(22-21)9-10-17(20)23-11-5-2-6-12-23/h3-4,7-10,13,18,24H,2,5-6,11-12,14H2,1H3/q+1. The SMILES string of the molecule is COCC(O)c1ccccc1Oc1cc([N+]#N)ccc1N1CCCCC1. The summed E-state index contributed by atoms with van der Waals surface area (Å²) in [6.45, 7) is 2.13. The van der Waals surface area contributed by atoms with E-state index in [4.69, 9.17) is 14.9 Å². The molecule has 1 fully saturated rings. The van der Waals surface area contributed by atoms with E-state index in [1.165, 1.54) is 6.42 Å². The fourth-order valence-electron chi connectivity index (χ4n) is 3.26. The monoisotopic (exact) mass is 354 g/mol. The summed E-state index contributed by atoms with van der Waals surface area (Å²) in [5, 5.41) is 19.5. The maximum absolute atomic E-state index is 10.3. The highest BCUT2D eigenvalue weighted by Gasteiger charge is 2.21. The molecule has 1 atom stereocenters. The van der Waals surface area contributed by atoms with E-state index >= 15 is 0 Å². The topological polar surface area (TPSA) is 70.1 Å². The predicted molar refractivity (Wildman–Crippen MR) is 101 cm³/mol. The van der Waals surface area contributed by atoms with Crippen molar-refractivity contribution in [1.29, 1.82) is 5.39 Å². The Morgan fingerprint density at radius 1 is 1.12 bits per heavy atom. The first-order valence-electron chi connectivity index (χ1n) is 8.91. The van der Waals surface area contributed by atoms with Crippen molar-refractivity contribution in [2.24, 2.45) is 0 Å². The molecule has 0 aliphatic carbocycles. The number of ether oxygens (including phenoxy) is 2. The van der Waals surface area contributed by atoms with Crippen LogP contribution in [-0.2, 0) is 4.74 Å². The van der Waals surface area contributed by atoms with Crippen LogP contribution in [0, 0.1) is 5.39 Å². The summed E-state index contributed by atoms with van der Waals surface area (Å²) in [6.07, 6.45) is 2.76. The summed E-state index contributed by atoms with van der Waals surface area (Å²) in [5.41, 5.74) is 2.05. The van der Waals surface area contributed by atoms with Gasteiger partial charge in [-0.15, -0.1) is 0 Å². The van der Waals surface area contributed by atoms with Crippen LogP contribution in [0.3, 0.4) is 0 Å². The van der Waals surface area contributed by atoms with Crippen LogP contribution >= 0.6 is 0 Å². The summed E-state index contributed by atoms with van der Waals surface area (Å²) >= 11 is 0. The Kier molecular flexibility index (Phi) is 6.05. The molecule has 1 aliphatic heterocycles. The number of rotatable bonds is 6. The van der Waals surface area contributed by atoms with Crippen molar-refractivity contribution in [3.05, 3.63) is 53.0 Å². The molecule has 0 amide bonds. The van der Waals surface area contributed by atoms with Crippen LogP contribution in [0.1, 0.15) is 30.9 Å². The van der Waals surface area contributed by atoms with Gasteiger partial charge in [0.1, 0.15) is 11.9 Å². The van der Waals surface area contributed by atoms with Crippen molar-refractivity contribution in [3.63, 3.8) is 0 Å². The zero-order chi connectivity index (χ0) is 18.4. The number of anilines is 1. The Bertz CT molecular complexity index is 782. The number of para-hydroxylation sites is 1. The second-order valence-corrected chi connectivity index (χ2v) is 6.41. The van der Waals surface area contributed by atoms with Gasteiger partial charge in [0, 0.05) is 31.8 Å². The van der Waals surface area contributed by atoms with Crippen LogP contribution < -0.4 is 9.64 Å². The number of hydrogen-bond acceptors (Lipinski definition) is 5. The van der Waals surface area contributed by atoms with Crippen molar-refractivity contribution < 1.29 is 14.6 Å². The number of aliphatic hydroxyl groups is 1. The molecule has 6 nitrogen and oxygen atoms in total. The van der Waals surface area contributed by atoms with E-state index in [1.54, 1.807) is 19.2 Å². The third-order valence-electron chi connectivity index (χ3n) is 4.58. The third kappa shape index (κ3) is 4.13. The average Bonchev–Trinajstić information content (AvgIpc) is 2.69. The first-order chi connectivity index (χ1) is 12.7.